The van der Waals surface area contributed by atoms with E-state index in [0.717, 1.165) is 30.8 Å². The first-order chi connectivity index (χ1) is 9.29. The van der Waals surface area contributed by atoms with E-state index in [-0.39, 0.29) is 5.82 Å². The van der Waals surface area contributed by atoms with Gasteiger partial charge in [0.15, 0.2) is 0 Å². The SMILES string of the molecule is COc1ccccc1CC[NH2+]Cc1cccc(F)c1. The molecule has 2 nitrogen and oxygen atoms in total. The van der Waals surface area contributed by atoms with Crippen LogP contribution in [0.4, 0.5) is 4.39 Å². The van der Waals surface area contributed by atoms with Crippen molar-refractivity contribution in [3.63, 3.8) is 0 Å². The first-order valence-electron chi connectivity index (χ1n) is 6.47. The quantitative estimate of drug-likeness (QED) is 0.791. The number of hydrogen-bond acceptors (Lipinski definition) is 1. The number of quaternary nitrogens is 1. The molecule has 0 spiro atoms. The van der Waals surface area contributed by atoms with Gasteiger partial charge >= 0.3 is 0 Å². The highest BCUT2D eigenvalue weighted by atomic mass is 19.1. The van der Waals surface area contributed by atoms with Gasteiger partial charge in [-0.2, -0.15) is 0 Å². The van der Waals surface area contributed by atoms with Crippen molar-refractivity contribution in [3.8, 4) is 5.75 Å². The van der Waals surface area contributed by atoms with Crippen LogP contribution in [0.1, 0.15) is 11.1 Å². The third kappa shape index (κ3) is 4.07. The first kappa shape index (κ1) is 13.6. The average Bonchev–Trinajstić information content (AvgIpc) is 2.44. The van der Waals surface area contributed by atoms with Crippen molar-refractivity contribution in [2.75, 3.05) is 13.7 Å². The van der Waals surface area contributed by atoms with Gasteiger partial charge in [-0.25, -0.2) is 4.39 Å². The topological polar surface area (TPSA) is 25.8 Å². The monoisotopic (exact) mass is 260 g/mol. The van der Waals surface area contributed by atoms with Crippen LogP contribution in [0.2, 0.25) is 0 Å². The van der Waals surface area contributed by atoms with Gasteiger partial charge in [-0.15, -0.1) is 0 Å². The van der Waals surface area contributed by atoms with Crippen LogP contribution in [0.25, 0.3) is 0 Å². The zero-order chi connectivity index (χ0) is 13.5. The number of para-hydroxylation sites is 1. The number of hydrogen-bond donors (Lipinski definition) is 1. The molecule has 0 heterocycles. The molecule has 3 heteroatoms. The van der Waals surface area contributed by atoms with Crippen molar-refractivity contribution in [2.45, 2.75) is 13.0 Å². The number of rotatable bonds is 6. The predicted molar refractivity (Wildman–Crippen MR) is 73.6 cm³/mol. The summed E-state index contributed by atoms with van der Waals surface area (Å²) in [5.41, 5.74) is 2.22. The highest BCUT2D eigenvalue weighted by molar-refractivity contribution is 5.33. The largest absolute Gasteiger partial charge is 0.496 e. The minimum absolute atomic E-state index is 0.171. The van der Waals surface area contributed by atoms with E-state index in [9.17, 15) is 4.39 Å². The summed E-state index contributed by atoms with van der Waals surface area (Å²) >= 11 is 0. The first-order valence-corrected chi connectivity index (χ1v) is 6.47. The van der Waals surface area contributed by atoms with Crippen LogP contribution in [0, 0.1) is 5.82 Å². The van der Waals surface area contributed by atoms with Crippen molar-refractivity contribution in [1.82, 2.24) is 0 Å². The summed E-state index contributed by atoms with van der Waals surface area (Å²) in [6.07, 6.45) is 0.944. The van der Waals surface area contributed by atoms with Crippen LogP contribution < -0.4 is 10.1 Å². The van der Waals surface area contributed by atoms with Gasteiger partial charge in [0, 0.05) is 12.0 Å². The molecule has 0 unspecified atom stereocenters. The Morgan fingerprint density at radius 3 is 2.74 bits per heavy atom. The fourth-order valence-corrected chi connectivity index (χ4v) is 2.10. The summed E-state index contributed by atoms with van der Waals surface area (Å²) in [7, 11) is 1.69. The number of benzene rings is 2. The number of halogens is 1. The standard InChI is InChI=1S/C16H18FNO/c1-19-16-8-3-2-6-14(16)9-10-18-12-13-5-4-7-15(17)11-13/h2-8,11,18H,9-10,12H2,1H3/p+1. The lowest BCUT2D eigenvalue weighted by Gasteiger charge is -2.07. The number of methoxy groups -OCH3 is 1. The van der Waals surface area contributed by atoms with Crippen molar-refractivity contribution in [3.05, 3.63) is 65.5 Å². The zero-order valence-electron chi connectivity index (χ0n) is 11.1. The highest BCUT2D eigenvalue weighted by Crippen LogP contribution is 2.16. The predicted octanol–water partition coefficient (Wildman–Crippen LogP) is 2.14. The second-order valence-corrected chi connectivity index (χ2v) is 4.47. The van der Waals surface area contributed by atoms with E-state index in [0.29, 0.717) is 0 Å². The Bertz CT molecular complexity index is 528. The molecule has 2 N–H and O–H groups in total. The van der Waals surface area contributed by atoms with Crippen molar-refractivity contribution < 1.29 is 14.4 Å². The van der Waals surface area contributed by atoms with E-state index in [4.69, 9.17) is 4.74 Å². The molecule has 100 valence electrons. The summed E-state index contributed by atoms with van der Waals surface area (Å²) in [5, 5.41) is 2.18. The van der Waals surface area contributed by atoms with Crippen molar-refractivity contribution in [1.29, 1.82) is 0 Å². The van der Waals surface area contributed by atoms with Crippen LogP contribution >= 0.6 is 0 Å². The molecular weight excluding hydrogens is 241 g/mol. The normalized spacial score (nSPS) is 10.4. The molecule has 0 aliphatic carbocycles. The molecule has 0 amide bonds. The van der Waals surface area contributed by atoms with E-state index >= 15 is 0 Å². The van der Waals surface area contributed by atoms with Crippen LogP contribution in [-0.2, 0) is 13.0 Å². The van der Waals surface area contributed by atoms with Gasteiger partial charge in [0.25, 0.3) is 0 Å². The molecule has 0 aromatic heterocycles. The van der Waals surface area contributed by atoms with Crippen LogP contribution in [0.15, 0.2) is 48.5 Å². The molecule has 0 radical (unpaired) electrons. The maximum absolute atomic E-state index is 13.0. The fraction of sp³-hybridized carbons (Fsp3) is 0.250. The molecule has 19 heavy (non-hydrogen) atoms. The third-order valence-electron chi connectivity index (χ3n) is 3.08. The molecule has 2 aromatic carbocycles. The molecule has 0 fully saturated rings. The Balaban J connectivity index is 1.81. The zero-order valence-corrected chi connectivity index (χ0v) is 11.1. The van der Waals surface area contributed by atoms with Crippen LogP contribution in [0.3, 0.4) is 0 Å². The smallest absolute Gasteiger partial charge is 0.123 e. The molecule has 0 saturated heterocycles. The summed E-state index contributed by atoms with van der Waals surface area (Å²) in [4.78, 5) is 0. The van der Waals surface area contributed by atoms with E-state index in [2.05, 4.69) is 11.4 Å². The van der Waals surface area contributed by atoms with Crippen molar-refractivity contribution >= 4 is 0 Å². The molecular formula is C16H19FNO+. The van der Waals surface area contributed by atoms with E-state index in [1.54, 1.807) is 19.2 Å². The average molecular weight is 260 g/mol. The number of ether oxygens (including phenoxy) is 1. The minimum atomic E-state index is -0.171. The molecule has 2 aromatic rings. The van der Waals surface area contributed by atoms with Gasteiger partial charge in [0.1, 0.15) is 18.1 Å². The Labute approximate surface area is 113 Å². The Kier molecular flexibility index (Phi) is 4.93. The third-order valence-corrected chi connectivity index (χ3v) is 3.08. The summed E-state index contributed by atoms with van der Waals surface area (Å²) in [5.74, 6) is 0.761. The fourth-order valence-electron chi connectivity index (χ4n) is 2.10. The Morgan fingerprint density at radius 1 is 1.11 bits per heavy atom. The summed E-state index contributed by atoms with van der Waals surface area (Å²) < 4.78 is 18.3. The van der Waals surface area contributed by atoms with Gasteiger partial charge in [-0.05, 0) is 23.8 Å². The molecule has 2 rings (SSSR count). The lowest BCUT2D eigenvalue weighted by atomic mass is 10.1. The highest BCUT2D eigenvalue weighted by Gasteiger charge is 2.03. The minimum Gasteiger partial charge on any atom is -0.496 e. The van der Waals surface area contributed by atoms with E-state index in [1.165, 1.54) is 11.6 Å². The number of nitrogens with two attached hydrogens (primary N) is 1. The second kappa shape index (κ2) is 6.90. The van der Waals surface area contributed by atoms with Gasteiger partial charge in [-0.3, -0.25) is 0 Å². The lowest BCUT2D eigenvalue weighted by Crippen LogP contribution is -2.83. The maximum atomic E-state index is 13.0. The second-order valence-electron chi connectivity index (χ2n) is 4.47. The molecule has 0 saturated carbocycles. The summed E-state index contributed by atoms with van der Waals surface area (Å²) in [6, 6.07) is 14.8. The molecule has 0 bridgehead atoms. The molecule has 0 aliphatic heterocycles. The lowest BCUT2D eigenvalue weighted by molar-refractivity contribution is -0.670. The Morgan fingerprint density at radius 2 is 1.95 bits per heavy atom. The van der Waals surface area contributed by atoms with Crippen LogP contribution in [-0.4, -0.2) is 13.7 Å². The summed E-state index contributed by atoms with van der Waals surface area (Å²) in [6.45, 7) is 1.75. The molecule has 0 atom stereocenters. The molecule has 0 aliphatic rings. The van der Waals surface area contributed by atoms with Gasteiger partial charge in [0.05, 0.1) is 13.7 Å². The van der Waals surface area contributed by atoms with Gasteiger partial charge < -0.3 is 10.1 Å². The van der Waals surface area contributed by atoms with Crippen molar-refractivity contribution in [2.24, 2.45) is 0 Å². The van der Waals surface area contributed by atoms with Crippen LogP contribution in [0.5, 0.6) is 5.75 Å². The van der Waals surface area contributed by atoms with Gasteiger partial charge in [-0.1, -0.05) is 30.3 Å². The Hall–Kier alpha value is -1.87. The van der Waals surface area contributed by atoms with E-state index in [1.807, 2.05) is 24.3 Å². The van der Waals surface area contributed by atoms with Gasteiger partial charge in [0.2, 0.25) is 0 Å². The maximum Gasteiger partial charge on any atom is 0.123 e. The van der Waals surface area contributed by atoms with E-state index < -0.39 is 0 Å².